The molecular weight excluding hydrogens is 326 g/mol. The summed E-state index contributed by atoms with van der Waals surface area (Å²) in [5.74, 6) is 0.236. The van der Waals surface area contributed by atoms with Crippen molar-refractivity contribution in [1.82, 2.24) is 5.32 Å². The molecule has 0 saturated heterocycles. The van der Waals surface area contributed by atoms with Crippen molar-refractivity contribution < 1.29 is 19.6 Å². The van der Waals surface area contributed by atoms with Crippen molar-refractivity contribution in [2.75, 3.05) is 25.6 Å². The van der Waals surface area contributed by atoms with Gasteiger partial charge in [-0.15, -0.1) is 0 Å². The van der Waals surface area contributed by atoms with E-state index in [4.69, 9.17) is 9.84 Å². The Hall–Kier alpha value is -3.13. The molecular formula is C17H19N3O5. The minimum absolute atomic E-state index is 0.0800. The van der Waals surface area contributed by atoms with E-state index in [9.17, 15) is 14.9 Å². The number of hydrogen-bond donors (Lipinski definition) is 3. The smallest absolute Gasteiger partial charge is 0.293 e. The van der Waals surface area contributed by atoms with Crippen LogP contribution in [0.1, 0.15) is 15.9 Å². The number of benzene rings is 2. The van der Waals surface area contributed by atoms with Crippen molar-refractivity contribution in [3.05, 3.63) is 57.6 Å². The second kappa shape index (κ2) is 8.11. The maximum absolute atomic E-state index is 11.6. The minimum Gasteiger partial charge on any atom is -0.491 e. The predicted molar refractivity (Wildman–Crippen MR) is 93.5 cm³/mol. The van der Waals surface area contributed by atoms with Crippen LogP contribution in [0.5, 0.6) is 5.75 Å². The number of amides is 1. The Bertz CT molecular complexity index is 792. The Morgan fingerprint density at radius 3 is 2.64 bits per heavy atom. The van der Waals surface area contributed by atoms with Gasteiger partial charge in [-0.25, -0.2) is 0 Å². The van der Waals surface area contributed by atoms with Crippen LogP contribution in [0.2, 0.25) is 0 Å². The zero-order valence-corrected chi connectivity index (χ0v) is 13.9. The first-order chi connectivity index (χ1) is 12.0. The van der Waals surface area contributed by atoms with Crippen molar-refractivity contribution in [3.63, 3.8) is 0 Å². The van der Waals surface area contributed by atoms with Gasteiger partial charge in [-0.2, -0.15) is 0 Å². The number of aliphatic hydroxyl groups is 1. The van der Waals surface area contributed by atoms with Crippen molar-refractivity contribution in [1.29, 1.82) is 0 Å². The van der Waals surface area contributed by atoms with Crippen LogP contribution in [-0.2, 0) is 0 Å². The molecule has 0 heterocycles. The first-order valence-electron chi connectivity index (χ1n) is 7.58. The number of hydrogen-bond acceptors (Lipinski definition) is 6. The summed E-state index contributed by atoms with van der Waals surface area (Å²) in [5, 5.41) is 25.5. The summed E-state index contributed by atoms with van der Waals surface area (Å²) < 4.78 is 5.38. The van der Waals surface area contributed by atoms with Gasteiger partial charge < -0.3 is 20.5 Å². The molecule has 1 amide bonds. The summed E-state index contributed by atoms with van der Waals surface area (Å²) in [6, 6.07) is 9.46. The highest BCUT2D eigenvalue weighted by Crippen LogP contribution is 2.30. The molecule has 2 rings (SSSR count). The number of aryl methyl sites for hydroxylation is 1. The van der Waals surface area contributed by atoms with Gasteiger partial charge in [-0.05, 0) is 42.8 Å². The van der Waals surface area contributed by atoms with Gasteiger partial charge in [0.1, 0.15) is 18.0 Å². The zero-order chi connectivity index (χ0) is 18.4. The fraction of sp³-hybridized carbons (Fsp3) is 0.235. The molecule has 0 aliphatic rings. The molecule has 0 aromatic heterocycles. The molecule has 25 heavy (non-hydrogen) atoms. The molecule has 2 aromatic rings. The number of rotatable bonds is 7. The highest BCUT2D eigenvalue weighted by atomic mass is 16.6. The van der Waals surface area contributed by atoms with Crippen LogP contribution in [0.3, 0.4) is 0 Å². The summed E-state index contributed by atoms with van der Waals surface area (Å²) in [4.78, 5) is 22.4. The van der Waals surface area contributed by atoms with E-state index < -0.39 is 10.8 Å². The molecule has 8 nitrogen and oxygen atoms in total. The molecule has 2 aromatic carbocycles. The van der Waals surface area contributed by atoms with E-state index in [-0.39, 0.29) is 30.2 Å². The number of anilines is 2. The summed E-state index contributed by atoms with van der Waals surface area (Å²) in [6.45, 7) is 1.95. The highest BCUT2D eigenvalue weighted by molar-refractivity contribution is 5.95. The van der Waals surface area contributed by atoms with E-state index in [0.29, 0.717) is 11.4 Å². The van der Waals surface area contributed by atoms with Crippen molar-refractivity contribution in [3.8, 4) is 5.75 Å². The van der Waals surface area contributed by atoms with Gasteiger partial charge in [-0.1, -0.05) is 0 Å². The van der Waals surface area contributed by atoms with E-state index in [1.807, 2.05) is 6.92 Å². The molecule has 0 saturated carbocycles. The third-order valence-electron chi connectivity index (χ3n) is 3.49. The standard InChI is InChI=1S/C17H19N3O5/c1-11-9-13(4-6-16(11)25-8-7-21)19-14-5-3-12(17(22)18-2)10-15(14)20(23)24/h3-6,9-10,19,21H,7-8H2,1-2H3,(H,18,22). The average Bonchev–Trinajstić information content (AvgIpc) is 2.60. The van der Waals surface area contributed by atoms with Crippen LogP contribution in [0.4, 0.5) is 17.1 Å². The molecule has 0 fully saturated rings. The fourth-order valence-electron chi connectivity index (χ4n) is 2.27. The summed E-state index contributed by atoms with van der Waals surface area (Å²) in [5.41, 5.74) is 1.76. The van der Waals surface area contributed by atoms with Crippen LogP contribution >= 0.6 is 0 Å². The van der Waals surface area contributed by atoms with E-state index >= 15 is 0 Å². The quantitative estimate of drug-likeness (QED) is 0.524. The normalized spacial score (nSPS) is 10.2. The highest BCUT2D eigenvalue weighted by Gasteiger charge is 2.17. The molecule has 132 valence electrons. The number of ether oxygens (including phenoxy) is 1. The number of nitrogens with zero attached hydrogens (tertiary/aromatic N) is 1. The lowest BCUT2D eigenvalue weighted by Crippen LogP contribution is -2.17. The first kappa shape index (κ1) is 18.2. The maximum Gasteiger partial charge on any atom is 0.293 e. The maximum atomic E-state index is 11.6. The van der Waals surface area contributed by atoms with Crippen molar-refractivity contribution in [2.24, 2.45) is 0 Å². The van der Waals surface area contributed by atoms with Gasteiger partial charge in [-0.3, -0.25) is 14.9 Å². The Labute approximate surface area is 144 Å². The lowest BCUT2D eigenvalue weighted by molar-refractivity contribution is -0.383. The zero-order valence-electron chi connectivity index (χ0n) is 13.9. The third kappa shape index (κ3) is 4.45. The number of carbonyl (C=O) groups is 1. The van der Waals surface area contributed by atoms with Crippen molar-refractivity contribution in [2.45, 2.75) is 6.92 Å². The van der Waals surface area contributed by atoms with Crippen LogP contribution < -0.4 is 15.4 Å². The first-order valence-corrected chi connectivity index (χ1v) is 7.58. The minimum atomic E-state index is -0.541. The van der Waals surface area contributed by atoms with Crippen molar-refractivity contribution >= 4 is 23.0 Å². The lowest BCUT2D eigenvalue weighted by Gasteiger charge is -2.12. The van der Waals surface area contributed by atoms with Gasteiger partial charge in [0.15, 0.2) is 0 Å². The molecule has 3 N–H and O–H groups in total. The second-order valence-electron chi connectivity index (χ2n) is 5.25. The molecule has 0 unspecified atom stereocenters. The number of nitro benzene ring substituents is 1. The molecule has 0 aliphatic heterocycles. The molecule has 0 aliphatic carbocycles. The fourth-order valence-corrected chi connectivity index (χ4v) is 2.27. The van der Waals surface area contributed by atoms with E-state index in [2.05, 4.69) is 10.6 Å². The summed E-state index contributed by atoms with van der Waals surface area (Å²) in [6.07, 6.45) is 0. The Morgan fingerprint density at radius 2 is 2.04 bits per heavy atom. The van der Waals surface area contributed by atoms with E-state index in [1.54, 1.807) is 18.2 Å². The summed E-state index contributed by atoms with van der Waals surface area (Å²) >= 11 is 0. The van der Waals surface area contributed by atoms with Gasteiger partial charge >= 0.3 is 0 Å². The average molecular weight is 345 g/mol. The Kier molecular flexibility index (Phi) is 5.91. The van der Waals surface area contributed by atoms with E-state index in [0.717, 1.165) is 5.56 Å². The van der Waals surface area contributed by atoms with Crippen LogP contribution in [-0.4, -0.2) is 36.2 Å². The SMILES string of the molecule is CNC(=O)c1ccc(Nc2ccc(OCCO)c(C)c2)c([N+](=O)[O-])c1. The Morgan fingerprint density at radius 1 is 1.28 bits per heavy atom. The van der Waals surface area contributed by atoms with Crippen LogP contribution in [0.15, 0.2) is 36.4 Å². The van der Waals surface area contributed by atoms with E-state index in [1.165, 1.54) is 25.2 Å². The Balaban J connectivity index is 2.29. The summed E-state index contributed by atoms with van der Waals surface area (Å²) in [7, 11) is 1.46. The lowest BCUT2D eigenvalue weighted by atomic mass is 10.1. The molecule has 8 heteroatoms. The van der Waals surface area contributed by atoms with Gasteiger partial charge in [0.25, 0.3) is 11.6 Å². The van der Waals surface area contributed by atoms with Crippen LogP contribution in [0, 0.1) is 17.0 Å². The number of nitrogens with one attached hydrogen (secondary N) is 2. The molecule has 0 atom stereocenters. The van der Waals surface area contributed by atoms with Gasteiger partial charge in [0, 0.05) is 24.4 Å². The number of carbonyl (C=O) groups excluding carboxylic acids is 1. The van der Waals surface area contributed by atoms with Gasteiger partial charge in [0.05, 0.1) is 11.5 Å². The third-order valence-corrected chi connectivity index (χ3v) is 3.49. The number of nitro groups is 1. The predicted octanol–water partition coefficient (Wildman–Crippen LogP) is 2.38. The largest absolute Gasteiger partial charge is 0.491 e. The topological polar surface area (TPSA) is 114 Å². The monoisotopic (exact) mass is 345 g/mol. The second-order valence-corrected chi connectivity index (χ2v) is 5.25. The molecule has 0 radical (unpaired) electrons. The van der Waals surface area contributed by atoms with Crippen LogP contribution in [0.25, 0.3) is 0 Å². The molecule has 0 bridgehead atoms. The number of aliphatic hydroxyl groups excluding tert-OH is 1. The van der Waals surface area contributed by atoms with Gasteiger partial charge in [0.2, 0.25) is 0 Å². The molecule has 0 spiro atoms.